The summed E-state index contributed by atoms with van der Waals surface area (Å²) < 4.78 is 4.98. The minimum atomic E-state index is -0.755. The van der Waals surface area contributed by atoms with E-state index in [1.54, 1.807) is 12.1 Å². The minimum absolute atomic E-state index is 0.453. The first-order valence-electron chi connectivity index (χ1n) is 3.84. The summed E-state index contributed by atoms with van der Waals surface area (Å²) in [6.07, 6.45) is 0. The molecule has 0 aromatic heterocycles. The molecule has 0 spiro atoms. The van der Waals surface area contributed by atoms with Crippen molar-refractivity contribution in [3.05, 3.63) is 36.4 Å². The zero-order valence-electron chi connectivity index (χ0n) is 6.79. The number of benzene rings is 1. The number of ether oxygens (including phenoxy) is 1. The summed E-state index contributed by atoms with van der Waals surface area (Å²) in [6.45, 7) is 3.75. The molecule has 0 bridgehead atoms. The van der Waals surface area contributed by atoms with Gasteiger partial charge < -0.3 is 4.74 Å². The normalized spacial score (nSPS) is 20.8. The second kappa shape index (κ2) is 2.89. The molecule has 1 atom stereocenters. The lowest BCUT2D eigenvalue weighted by atomic mass is 10.0. The zero-order valence-corrected chi connectivity index (χ0v) is 7.54. The Balaban J connectivity index is 2.55. The zero-order chi connectivity index (χ0) is 9.42. The molecule has 0 saturated heterocycles. The molecular weight excluding hydrogens is 188 g/mol. The molecule has 0 radical (unpaired) electrons. The van der Waals surface area contributed by atoms with Gasteiger partial charge >= 0.3 is 5.97 Å². The molecule has 0 N–H and O–H groups in total. The van der Waals surface area contributed by atoms with Crippen LogP contribution >= 0.6 is 11.6 Å². The molecule has 13 heavy (non-hydrogen) atoms. The Morgan fingerprint density at radius 2 is 2.08 bits per heavy atom. The molecule has 0 saturated carbocycles. The van der Waals surface area contributed by atoms with E-state index in [4.69, 9.17) is 16.3 Å². The molecule has 1 heterocycles. The second-order valence-electron chi connectivity index (χ2n) is 2.81. The highest BCUT2D eigenvalue weighted by Crippen LogP contribution is 2.34. The number of hydrogen-bond donors (Lipinski definition) is 0. The van der Waals surface area contributed by atoms with Gasteiger partial charge in [-0.05, 0) is 11.6 Å². The largest absolute Gasteiger partial charge is 0.425 e. The molecule has 1 aliphatic rings. The molecule has 2 rings (SSSR count). The van der Waals surface area contributed by atoms with Crippen LogP contribution in [0.15, 0.2) is 30.8 Å². The molecular formula is C10H7ClO2. The highest BCUT2D eigenvalue weighted by Gasteiger charge is 2.29. The van der Waals surface area contributed by atoms with Crippen LogP contribution in [0.5, 0.6) is 5.75 Å². The topological polar surface area (TPSA) is 26.3 Å². The molecule has 0 fully saturated rings. The summed E-state index contributed by atoms with van der Waals surface area (Å²) in [5.74, 6) is 0.0831. The summed E-state index contributed by atoms with van der Waals surface area (Å²) in [5.41, 5.74) is 1.41. The summed E-state index contributed by atoms with van der Waals surface area (Å²) in [4.78, 5) is 11.2. The van der Waals surface area contributed by atoms with E-state index in [2.05, 4.69) is 6.58 Å². The first kappa shape index (κ1) is 8.32. The van der Waals surface area contributed by atoms with E-state index in [9.17, 15) is 4.79 Å². The van der Waals surface area contributed by atoms with Crippen LogP contribution in [0.1, 0.15) is 5.56 Å². The Morgan fingerprint density at radius 1 is 1.38 bits per heavy atom. The molecule has 3 heteroatoms. The quantitative estimate of drug-likeness (QED) is 0.360. The van der Waals surface area contributed by atoms with Crippen molar-refractivity contribution in [1.82, 2.24) is 0 Å². The van der Waals surface area contributed by atoms with Gasteiger partial charge in [-0.1, -0.05) is 24.8 Å². The van der Waals surface area contributed by atoms with E-state index < -0.39 is 11.3 Å². The van der Waals surface area contributed by atoms with Crippen LogP contribution in [0.2, 0.25) is 0 Å². The summed E-state index contributed by atoms with van der Waals surface area (Å²) in [5, 5.41) is -0.755. The molecule has 66 valence electrons. The van der Waals surface area contributed by atoms with Crippen molar-refractivity contribution in [3.8, 4) is 5.75 Å². The number of fused-ring (bicyclic) bond motifs is 1. The van der Waals surface area contributed by atoms with Crippen LogP contribution in [0.3, 0.4) is 0 Å². The van der Waals surface area contributed by atoms with Gasteiger partial charge in [0.05, 0.1) is 0 Å². The second-order valence-corrected chi connectivity index (χ2v) is 3.24. The molecule has 1 unspecified atom stereocenters. The Morgan fingerprint density at radius 3 is 2.85 bits per heavy atom. The van der Waals surface area contributed by atoms with Crippen molar-refractivity contribution >= 4 is 23.1 Å². The number of hydrogen-bond acceptors (Lipinski definition) is 2. The molecule has 1 aliphatic heterocycles. The van der Waals surface area contributed by atoms with E-state index >= 15 is 0 Å². The Bertz CT molecular complexity index is 384. The van der Waals surface area contributed by atoms with Gasteiger partial charge in [0.15, 0.2) is 5.38 Å². The first-order chi connectivity index (χ1) is 6.20. The van der Waals surface area contributed by atoms with E-state index in [-0.39, 0.29) is 0 Å². The number of carbonyl (C=O) groups excluding carboxylic acids is 1. The van der Waals surface area contributed by atoms with Gasteiger partial charge in [0.1, 0.15) is 5.75 Å². The van der Waals surface area contributed by atoms with Crippen molar-refractivity contribution in [1.29, 1.82) is 0 Å². The molecule has 2 nitrogen and oxygen atoms in total. The minimum Gasteiger partial charge on any atom is -0.425 e. The number of carbonyl (C=O) groups is 1. The lowest BCUT2D eigenvalue weighted by Gasteiger charge is -2.20. The maximum absolute atomic E-state index is 11.2. The SMILES string of the molecule is C=C1c2ccccc2OC(=O)C1Cl. The third-order valence-corrected chi connectivity index (χ3v) is 2.40. The summed E-state index contributed by atoms with van der Waals surface area (Å²) in [6, 6.07) is 7.21. The number of halogens is 1. The predicted octanol–water partition coefficient (Wildman–Crippen LogP) is 2.23. The van der Waals surface area contributed by atoms with Crippen molar-refractivity contribution in [2.24, 2.45) is 0 Å². The molecule has 0 amide bonds. The van der Waals surface area contributed by atoms with Crippen LogP contribution < -0.4 is 4.74 Å². The fourth-order valence-corrected chi connectivity index (χ4v) is 1.42. The highest BCUT2D eigenvalue weighted by atomic mass is 35.5. The van der Waals surface area contributed by atoms with Crippen LogP contribution in [0, 0.1) is 0 Å². The number of alkyl halides is 1. The fraction of sp³-hybridized carbons (Fsp3) is 0.100. The number of para-hydroxylation sites is 1. The van der Waals surface area contributed by atoms with Crippen molar-refractivity contribution in [2.75, 3.05) is 0 Å². The van der Waals surface area contributed by atoms with E-state index in [0.29, 0.717) is 11.3 Å². The summed E-state index contributed by atoms with van der Waals surface area (Å²) >= 11 is 5.77. The van der Waals surface area contributed by atoms with Gasteiger partial charge in [-0.2, -0.15) is 0 Å². The van der Waals surface area contributed by atoms with Crippen LogP contribution in [-0.4, -0.2) is 11.3 Å². The number of rotatable bonds is 0. The van der Waals surface area contributed by atoms with Gasteiger partial charge in [0.25, 0.3) is 0 Å². The van der Waals surface area contributed by atoms with Gasteiger partial charge in [0.2, 0.25) is 0 Å². The van der Waals surface area contributed by atoms with Gasteiger partial charge in [0, 0.05) is 5.56 Å². The van der Waals surface area contributed by atoms with Crippen molar-refractivity contribution in [2.45, 2.75) is 5.38 Å². The Hall–Kier alpha value is -1.28. The molecule has 1 aromatic rings. The van der Waals surface area contributed by atoms with E-state index in [1.165, 1.54) is 0 Å². The Labute approximate surface area is 80.8 Å². The average molecular weight is 195 g/mol. The number of esters is 1. The standard InChI is InChI=1S/C10H7ClO2/c1-6-7-4-2-3-5-8(7)13-10(12)9(6)11/h2-5,9H,1H2. The van der Waals surface area contributed by atoms with Gasteiger partial charge in [-0.25, -0.2) is 4.79 Å². The third kappa shape index (κ3) is 1.23. The molecule has 1 aromatic carbocycles. The molecule has 0 aliphatic carbocycles. The maximum Gasteiger partial charge on any atom is 0.334 e. The van der Waals surface area contributed by atoms with Gasteiger partial charge in [-0.3, -0.25) is 0 Å². The van der Waals surface area contributed by atoms with E-state index in [1.807, 2.05) is 12.1 Å². The predicted molar refractivity (Wildman–Crippen MR) is 50.8 cm³/mol. The average Bonchev–Trinajstić information content (AvgIpc) is 2.15. The third-order valence-electron chi connectivity index (χ3n) is 1.96. The highest BCUT2D eigenvalue weighted by molar-refractivity contribution is 6.37. The van der Waals surface area contributed by atoms with Gasteiger partial charge in [-0.15, -0.1) is 11.6 Å². The Kier molecular flexibility index (Phi) is 1.85. The van der Waals surface area contributed by atoms with Crippen LogP contribution in [0.25, 0.3) is 5.57 Å². The van der Waals surface area contributed by atoms with Crippen LogP contribution in [-0.2, 0) is 4.79 Å². The summed E-state index contributed by atoms with van der Waals surface area (Å²) in [7, 11) is 0. The fourth-order valence-electron chi connectivity index (χ4n) is 1.26. The van der Waals surface area contributed by atoms with Crippen LogP contribution in [0.4, 0.5) is 0 Å². The lowest BCUT2D eigenvalue weighted by molar-refractivity contribution is -0.133. The lowest BCUT2D eigenvalue weighted by Crippen LogP contribution is -2.26. The maximum atomic E-state index is 11.2. The van der Waals surface area contributed by atoms with E-state index in [0.717, 1.165) is 5.56 Å². The van der Waals surface area contributed by atoms with Crippen molar-refractivity contribution in [3.63, 3.8) is 0 Å². The smallest absolute Gasteiger partial charge is 0.334 e. The first-order valence-corrected chi connectivity index (χ1v) is 4.28. The van der Waals surface area contributed by atoms with Crippen molar-refractivity contribution < 1.29 is 9.53 Å². The monoisotopic (exact) mass is 194 g/mol.